The summed E-state index contributed by atoms with van der Waals surface area (Å²) in [5.41, 5.74) is 6.53. The fourth-order valence-electron chi connectivity index (χ4n) is 3.89. The molecule has 0 radical (unpaired) electrons. The summed E-state index contributed by atoms with van der Waals surface area (Å²) in [5, 5.41) is 7.05. The molecule has 0 unspecified atom stereocenters. The molecule has 0 aliphatic carbocycles. The van der Waals surface area contributed by atoms with Gasteiger partial charge in [0, 0.05) is 39.3 Å². The number of likely N-dealkylation sites (N-methyl/N-ethyl adjacent to an activating group) is 1. The molecule has 1 fully saturated rings. The molecule has 1 saturated heterocycles. The molecule has 12 heteroatoms. The fraction of sp³-hybridized carbons (Fsp3) is 0.500. The lowest BCUT2D eigenvalue weighted by Crippen LogP contribution is -2.47. The van der Waals surface area contributed by atoms with Gasteiger partial charge in [-0.05, 0) is 32.5 Å². The molecule has 0 bridgehead atoms. The van der Waals surface area contributed by atoms with E-state index in [0.29, 0.717) is 38.3 Å². The number of aromatic nitrogens is 2. The van der Waals surface area contributed by atoms with E-state index in [4.69, 9.17) is 10.5 Å². The van der Waals surface area contributed by atoms with Crippen LogP contribution in [0.4, 0.5) is 5.69 Å². The Kier molecular flexibility index (Phi) is 7.95. The topological polar surface area (TPSA) is 140 Å². The predicted octanol–water partition coefficient (Wildman–Crippen LogP) is 1.06. The van der Waals surface area contributed by atoms with Gasteiger partial charge in [0.25, 0.3) is 11.8 Å². The number of nitrogens with zero attached hydrogens (tertiary/aromatic N) is 4. The highest BCUT2D eigenvalue weighted by molar-refractivity contribution is 7.89. The lowest BCUT2D eigenvalue weighted by Gasteiger charge is -2.31. The average Bonchev–Trinajstić information content (AvgIpc) is 3.09. The number of sulfonamides is 1. The SMILES string of the molecule is CCCc1nn(C)c(C(N)=O)c1NC(=O)c1ccc(S(=O)(=O)N2CCN(C)CC2)cc1OCC. The molecule has 1 aromatic heterocycles. The van der Waals surface area contributed by atoms with Crippen molar-refractivity contribution < 1.29 is 22.7 Å². The summed E-state index contributed by atoms with van der Waals surface area (Å²) in [6.45, 7) is 6.01. The normalized spacial score (nSPS) is 15.3. The van der Waals surface area contributed by atoms with Gasteiger partial charge >= 0.3 is 0 Å². The highest BCUT2D eigenvalue weighted by Crippen LogP contribution is 2.28. The first kappa shape index (κ1) is 25.7. The molecule has 2 aromatic rings. The third kappa shape index (κ3) is 5.24. The van der Waals surface area contributed by atoms with E-state index in [2.05, 4.69) is 15.3 Å². The van der Waals surface area contributed by atoms with Crippen LogP contribution in [0.2, 0.25) is 0 Å². The summed E-state index contributed by atoms with van der Waals surface area (Å²) in [5.74, 6) is -1.14. The molecule has 11 nitrogen and oxygen atoms in total. The third-order valence-corrected chi connectivity index (χ3v) is 7.57. The number of nitrogens with two attached hydrogens (primary N) is 1. The van der Waals surface area contributed by atoms with Gasteiger partial charge in [-0.2, -0.15) is 9.40 Å². The second-order valence-electron chi connectivity index (χ2n) is 8.16. The lowest BCUT2D eigenvalue weighted by atomic mass is 10.1. The van der Waals surface area contributed by atoms with E-state index in [-0.39, 0.29) is 34.2 Å². The molecule has 34 heavy (non-hydrogen) atoms. The quantitative estimate of drug-likeness (QED) is 0.533. The van der Waals surface area contributed by atoms with Crippen molar-refractivity contribution in [2.75, 3.05) is 45.2 Å². The Balaban J connectivity index is 1.95. The predicted molar refractivity (Wildman–Crippen MR) is 128 cm³/mol. The maximum absolute atomic E-state index is 13.2. The van der Waals surface area contributed by atoms with Gasteiger partial charge in [0.15, 0.2) is 0 Å². The lowest BCUT2D eigenvalue weighted by molar-refractivity contribution is 0.0992. The standard InChI is InChI=1S/C22H32N6O5S/c1-5-7-17-19(20(21(23)29)27(4)25-17)24-22(30)16-9-8-15(14-18(16)33-6-2)34(31,32)28-12-10-26(3)11-13-28/h8-9,14H,5-7,10-13H2,1-4H3,(H2,23,29)(H,24,30). The van der Waals surface area contributed by atoms with Gasteiger partial charge in [-0.25, -0.2) is 8.42 Å². The Morgan fingerprint density at radius 2 is 1.82 bits per heavy atom. The number of aryl methyl sites for hydroxylation is 2. The molecular weight excluding hydrogens is 460 g/mol. The van der Waals surface area contributed by atoms with Gasteiger partial charge in [0.2, 0.25) is 10.0 Å². The van der Waals surface area contributed by atoms with Crippen molar-refractivity contribution >= 4 is 27.5 Å². The van der Waals surface area contributed by atoms with Crippen molar-refractivity contribution in [2.45, 2.75) is 31.6 Å². The van der Waals surface area contributed by atoms with E-state index in [1.807, 2.05) is 14.0 Å². The Bertz CT molecular complexity index is 1170. The van der Waals surface area contributed by atoms with Crippen molar-refractivity contribution in [3.8, 4) is 5.75 Å². The van der Waals surface area contributed by atoms with Gasteiger partial charge in [0.05, 0.1) is 28.4 Å². The van der Waals surface area contributed by atoms with Crippen LogP contribution in [0.3, 0.4) is 0 Å². The number of piperazine rings is 1. The zero-order valence-electron chi connectivity index (χ0n) is 20.0. The first-order valence-electron chi connectivity index (χ1n) is 11.2. The maximum atomic E-state index is 13.2. The molecule has 1 aromatic carbocycles. The number of hydrogen-bond acceptors (Lipinski definition) is 7. The summed E-state index contributed by atoms with van der Waals surface area (Å²) in [7, 11) is -0.207. The summed E-state index contributed by atoms with van der Waals surface area (Å²) >= 11 is 0. The second kappa shape index (κ2) is 10.5. The number of carbonyl (C=O) groups excluding carboxylic acids is 2. The first-order chi connectivity index (χ1) is 16.1. The largest absolute Gasteiger partial charge is 0.493 e. The van der Waals surface area contributed by atoms with Gasteiger partial charge in [-0.1, -0.05) is 13.3 Å². The summed E-state index contributed by atoms with van der Waals surface area (Å²) in [6, 6.07) is 4.19. The van der Waals surface area contributed by atoms with Gasteiger partial charge in [-0.15, -0.1) is 0 Å². The van der Waals surface area contributed by atoms with Crippen LogP contribution in [0.15, 0.2) is 23.1 Å². The van der Waals surface area contributed by atoms with Crippen molar-refractivity contribution in [3.63, 3.8) is 0 Å². The van der Waals surface area contributed by atoms with Crippen LogP contribution in [0.1, 0.15) is 46.8 Å². The molecule has 2 amide bonds. The van der Waals surface area contributed by atoms with Crippen LogP contribution >= 0.6 is 0 Å². The van der Waals surface area contributed by atoms with Crippen LogP contribution in [-0.2, 0) is 23.5 Å². The Morgan fingerprint density at radius 1 is 1.15 bits per heavy atom. The molecule has 0 spiro atoms. The number of primary amides is 1. The van der Waals surface area contributed by atoms with Crippen molar-refractivity contribution in [2.24, 2.45) is 12.8 Å². The third-order valence-electron chi connectivity index (χ3n) is 5.68. The zero-order chi connectivity index (χ0) is 25.0. The number of benzene rings is 1. The second-order valence-corrected chi connectivity index (χ2v) is 10.1. The zero-order valence-corrected chi connectivity index (χ0v) is 20.8. The minimum Gasteiger partial charge on any atom is -0.493 e. The highest BCUT2D eigenvalue weighted by atomic mass is 32.2. The molecular formula is C22H32N6O5S. The van der Waals surface area contributed by atoms with Gasteiger partial charge < -0.3 is 20.7 Å². The van der Waals surface area contributed by atoms with E-state index in [0.717, 1.165) is 6.42 Å². The van der Waals surface area contributed by atoms with E-state index in [9.17, 15) is 18.0 Å². The first-order valence-corrected chi connectivity index (χ1v) is 12.7. The number of hydrogen-bond donors (Lipinski definition) is 2. The van der Waals surface area contributed by atoms with Gasteiger partial charge in [-0.3, -0.25) is 14.3 Å². The number of ether oxygens (including phenoxy) is 1. The average molecular weight is 493 g/mol. The fourth-order valence-corrected chi connectivity index (χ4v) is 5.33. The number of amides is 2. The van der Waals surface area contributed by atoms with Crippen molar-refractivity contribution in [1.82, 2.24) is 19.0 Å². The molecule has 3 N–H and O–H groups in total. The molecule has 2 heterocycles. The van der Waals surface area contributed by atoms with E-state index >= 15 is 0 Å². The summed E-state index contributed by atoms with van der Waals surface area (Å²) in [6.07, 6.45) is 1.29. The smallest absolute Gasteiger partial charge is 0.269 e. The van der Waals surface area contributed by atoms with E-state index in [1.54, 1.807) is 14.0 Å². The number of nitrogens with one attached hydrogen (secondary N) is 1. The van der Waals surface area contributed by atoms with Crippen LogP contribution in [0, 0.1) is 0 Å². The van der Waals surface area contributed by atoms with Crippen molar-refractivity contribution in [1.29, 1.82) is 0 Å². The van der Waals surface area contributed by atoms with Crippen LogP contribution < -0.4 is 15.8 Å². The summed E-state index contributed by atoms with van der Waals surface area (Å²) < 4.78 is 34.7. The molecule has 1 aliphatic heterocycles. The monoisotopic (exact) mass is 492 g/mol. The molecule has 1 aliphatic rings. The number of carbonyl (C=O) groups is 2. The number of rotatable bonds is 9. The van der Waals surface area contributed by atoms with Gasteiger partial charge in [0.1, 0.15) is 11.4 Å². The molecule has 3 rings (SSSR count). The maximum Gasteiger partial charge on any atom is 0.269 e. The summed E-state index contributed by atoms with van der Waals surface area (Å²) in [4.78, 5) is 27.3. The van der Waals surface area contributed by atoms with Crippen molar-refractivity contribution in [3.05, 3.63) is 35.2 Å². The van der Waals surface area contributed by atoms with Crippen LogP contribution in [0.5, 0.6) is 5.75 Å². The Labute approximate surface area is 199 Å². The minimum absolute atomic E-state index is 0.0583. The molecule has 0 saturated carbocycles. The Morgan fingerprint density at radius 3 is 2.41 bits per heavy atom. The van der Waals surface area contributed by atoms with Crippen LogP contribution in [0.25, 0.3) is 0 Å². The molecule has 186 valence electrons. The Hall–Kier alpha value is -2.96. The van der Waals surface area contributed by atoms with E-state index in [1.165, 1.54) is 27.2 Å². The number of anilines is 1. The van der Waals surface area contributed by atoms with Crippen LogP contribution in [-0.4, -0.2) is 79.1 Å². The minimum atomic E-state index is -3.74. The highest BCUT2D eigenvalue weighted by Gasteiger charge is 2.29. The molecule has 0 atom stereocenters. The van der Waals surface area contributed by atoms with E-state index < -0.39 is 21.8 Å².